The Labute approximate surface area is 142 Å². The maximum absolute atomic E-state index is 13.1. The lowest BCUT2D eigenvalue weighted by atomic mass is 9.93. The first-order valence-electron chi connectivity index (χ1n) is 6.35. The molecule has 25 heavy (non-hydrogen) atoms. The Hall–Kier alpha value is -1.36. The Morgan fingerprint density at radius 2 is 1.48 bits per heavy atom. The van der Waals surface area contributed by atoms with Crippen molar-refractivity contribution >= 4 is 12.4 Å². The van der Waals surface area contributed by atoms with Gasteiger partial charge in [-0.1, -0.05) is 0 Å². The van der Waals surface area contributed by atoms with Crippen LogP contribution in [0.2, 0.25) is 0 Å². The fourth-order valence-electron chi connectivity index (χ4n) is 2.04. The molecule has 0 aliphatic rings. The van der Waals surface area contributed by atoms with Gasteiger partial charge in [-0.15, -0.1) is 12.4 Å². The van der Waals surface area contributed by atoms with Gasteiger partial charge in [0.15, 0.2) is 0 Å². The van der Waals surface area contributed by atoms with Crippen molar-refractivity contribution in [1.29, 1.82) is 0 Å². The van der Waals surface area contributed by atoms with E-state index in [9.17, 15) is 39.5 Å². The minimum Gasteiger partial charge on any atom is -0.496 e. The molecule has 1 atom stereocenters. The molecule has 146 valence electrons. The van der Waals surface area contributed by atoms with E-state index in [1.807, 2.05) is 0 Å². The summed E-state index contributed by atoms with van der Waals surface area (Å²) in [6.07, 6.45) is -17.4. The van der Waals surface area contributed by atoms with Gasteiger partial charge in [0, 0.05) is 18.0 Å². The first-order valence-corrected chi connectivity index (χ1v) is 6.35. The first kappa shape index (κ1) is 23.6. The highest BCUT2D eigenvalue weighted by molar-refractivity contribution is 5.85. The molecule has 1 aromatic rings. The van der Waals surface area contributed by atoms with Crippen LogP contribution in [0.1, 0.15) is 35.6 Å². The molecule has 12 heteroatoms. The first-order chi connectivity index (χ1) is 10.7. The molecule has 0 saturated carbocycles. The van der Waals surface area contributed by atoms with Crippen molar-refractivity contribution in [3.63, 3.8) is 0 Å². The molecule has 0 saturated heterocycles. The Bertz CT molecular complexity index is 581. The number of methoxy groups -OCH3 is 1. The normalized spacial score (nSPS) is 14.0. The Morgan fingerprint density at radius 1 is 0.960 bits per heavy atom. The average molecular weight is 406 g/mol. The SMILES string of the molecule is COc1cc(C(F)(F)F)cc(C(F)(F)F)c1[C@@H](N)CCC(F)(F)F.Cl. The highest BCUT2D eigenvalue weighted by atomic mass is 35.5. The van der Waals surface area contributed by atoms with E-state index in [0.717, 1.165) is 7.11 Å². The number of nitrogens with two attached hydrogens (primary N) is 1. The van der Waals surface area contributed by atoms with Gasteiger partial charge in [-0.2, -0.15) is 39.5 Å². The van der Waals surface area contributed by atoms with E-state index in [-0.39, 0.29) is 24.5 Å². The zero-order valence-corrected chi connectivity index (χ0v) is 13.3. The average Bonchev–Trinajstić information content (AvgIpc) is 2.40. The molecule has 0 heterocycles. The molecule has 0 radical (unpaired) electrons. The third kappa shape index (κ3) is 6.46. The van der Waals surface area contributed by atoms with Crippen LogP contribution in [0.5, 0.6) is 5.75 Å². The van der Waals surface area contributed by atoms with Crippen LogP contribution >= 0.6 is 12.4 Å². The van der Waals surface area contributed by atoms with Crippen molar-refractivity contribution in [2.75, 3.05) is 7.11 Å². The number of hydrogen-bond acceptors (Lipinski definition) is 2. The minimum atomic E-state index is -5.25. The molecule has 0 aromatic heterocycles. The van der Waals surface area contributed by atoms with Gasteiger partial charge in [0.25, 0.3) is 0 Å². The van der Waals surface area contributed by atoms with Crippen LogP contribution < -0.4 is 10.5 Å². The molecular formula is C13H13ClF9NO. The number of hydrogen-bond donors (Lipinski definition) is 1. The molecule has 0 aliphatic carbocycles. The zero-order valence-electron chi connectivity index (χ0n) is 12.4. The van der Waals surface area contributed by atoms with Crippen LogP contribution in [0, 0.1) is 0 Å². The molecule has 0 amide bonds. The number of alkyl halides is 9. The van der Waals surface area contributed by atoms with Crippen molar-refractivity contribution in [1.82, 2.24) is 0 Å². The van der Waals surface area contributed by atoms with Crippen LogP contribution in [-0.2, 0) is 12.4 Å². The summed E-state index contributed by atoms with van der Waals surface area (Å²) in [5.41, 5.74) is 1.02. The van der Waals surface area contributed by atoms with Gasteiger partial charge >= 0.3 is 18.5 Å². The maximum Gasteiger partial charge on any atom is 0.416 e. The molecule has 0 spiro atoms. The molecule has 0 fully saturated rings. The van der Waals surface area contributed by atoms with Gasteiger partial charge in [0.05, 0.1) is 18.2 Å². The smallest absolute Gasteiger partial charge is 0.416 e. The third-order valence-corrected chi connectivity index (χ3v) is 3.10. The van der Waals surface area contributed by atoms with Crippen LogP contribution in [0.25, 0.3) is 0 Å². The van der Waals surface area contributed by atoms with E-state index >= 15 is 0 Å². The number of halogens is 10. The van der Waals surface area contributed by atoms with E-state index in [2.05, 4.69) is 4.74 Å². The van der Waals surface area contributed by atoms with E-state index in [0.29, 0.717) is 0 Å². The lowest BCUT2D eigenvalue weighted by Gasteiger charge is -2.23. The van der Waals surface area contributed by atoms with Gasteiger partial charge in [0.1, 0.15) is 5.75 Å². The molecule has 0 bridgehead atoms. The van der Waals surface area contributed by atoms with Crippen LogP contribution in [-0.4, -0.2) is 13.3 Å². The van der Waals surface area contributed by atoms with Gasteiger partial charge < -0.3 is 10.5 Å². The topological polar surface area (TPSA) is 35.2 Å². The molecule has 0 unspecified atom stereocenters. The van der Waals surface area contributed by atoms with Crippen LogP contribution in [0.3, 0.4) is 0 Å². The standard InChI is InChI=1S/C13H12F9NO.ClH/c1-24-9-5-6(12(17,18)19)4-7(13(20,21)22)10(9)8(23)2-3-11(14,15)16;/h4-5,8H,2-3,23H2,1H3;1H/t8-;/m0./s1. The van der Waals surface area contributed by atoms with Gasteiger partial charge in [0.2, 0.25) is 0 Å². The van der Waals surface area contributed by atoms with Crippen molar-refractivity contribution in [2.24, 2.45) is 5.73 Å². The monoisotopic (exact) mass is 405 g/mol. The summed E-state index contributed by atoms with van der Waals surface area (Å²) < 4.78 is 118. The molecule has 0 aliphatic heterocycles. The van der Waals surface area contributed by atoms with Gasteiger partial charge in [-0.3, -0.25) is 0 Å². The molecule has 1 rings (SSSR count). The second-order valence-electron chi connectivity index (χ2n) is 4.90. The van der Waals surface area contributed by atoms with Gasteiger partial charge in [-0.05, 0) is 18.6 Å². The predicted octanol–water partition coefficient (Wildman–Crippen LogP) is 5.50. The van der Waals surface area contributed by atoms with Crippen LogP contribution in [0.4, 0.5) is 39.5 Å². The summed E-state index contributed by atoms with van der Waals surface area (Å²) in [4.78, 5) is 0. The largest absolute Gasteiger partial charge is 0.496 e. The fraction of sp³-hybridized carbons (Fsp3) is 0.538. The van der Waals surface area contributed by atoms with Crippen LogP contribution in [0.15, 0.2) is 12.1 Å². The Kier molecular flexibility index (Phi) is 7.47. The lowest BCUT2D eigenvalue weighted by Crippen LogP contribution is -2.22. The Morgan fingerprint density at radius 3 is 1.84 bits per heavy atom. The molecule has 2 nitrogen and oxygen atoms in total. The maximum atomic E-state index is 13.1. The van der Waals surface area contributed by atoms with E-state index < -0.39 is 59.9 Å². The predicted molar refractivity (Wildman–Crippen MR) is 72.5 cm³/mol. The van der Waals surface area contributed by atoms with Crippen molar-refractivity contribution in [3.8, 4) is 5.75 Å². The second kappa shape index (κ2) is 7.90. The lowest BCUT2D eigenvalue weighted by molar-refractivity contribution is -0.143. The molecular weight excluding hydrogens is 393 g/mol. The van der Waals surface area contributed by atoms with E-state index in [1.54, 1.807) is 0 Å². The highest BCUT2D eigenvalue weighted by Gasteiger charge is 2.41. The summed E-state index contributed by atoms with van der Waals surface area (Å²) in [5.74, 6) is -0.869. The molecule has 1 aromatic carbocycles. The van der Waals surface area contributed by atoms with Crippen molar-refractivity contribution < 1.29 is 44.3 Å². The zero-order chi connectivity index (χ0) is 18.9. The van der Waals surface area contributed by atoms with E-state index in [4.69, 9.17) is 5.73 Å². The highest BCUT2D eigenvalue weighted by Crippen LogP contribution is 2.44. The number of benzene rings is 1. The van der Waals surface area contributed by atoms with Crippen molar-refractivity contribution in [3.05, 3.63) is 28.8 Å². The summed E-state index contributed by atoms with van der Waals surface area (Å²) in [6.45, 7) is 0. The minimum absolute atomic E-state index is 0. The summed E-state index contributed by atoms with van der Waals surface area (Å²) in [7, 11) is 0.801. The fourth-order valence-corrected chi connectivity index (χ4v) is 2.04. The van der Waals surface area contributed by atoms with Gasteiger partial charge in [-0.25, -0.2) is 0 Å². The van der Waals surface area contributed by atoms with E-state index in [1.165, 1.54) is 0 Å². The third-order valence-electron chi connectivity index (χ3n) is 3.10. The summed E-state index contributed by atoms with van der Waals surface area (Å²) in [6, 6.07) is -1.72. The summed E-state index contributed by atoms with van der Waals surface area (Å²) in [5, 5.41) is 0. The molecule has 2 N–H and O–H groups in total. The number of rotatable bonds is 4. The summed E-state index contributed by atoms with van der Waals surface area (Å²) >= 11 is 0. The second-order valence-corrected chi connectivity index (χ2v) is 4.90. The quantitative estimate of drug-likeness (QED) is 0.672. The Balaban J connectivity index is 0.00000576. The number of ether oxygens (including phenoxy) is 1. The van der Waals surface area contributed by atoms with Crippen molar-refractivity contribution in [2.45, 2.75) is 37.4 Å².